The molecule has 0 spiro atoms. The number of nitrogens with one attached hydrogen (secondary N) is 1. The zero-order valence-corrected chi connectivity index (χ0v) is 14.8. The molecule has 25 heavy (non-hydrogen) atoms. The van der Waals surface area contributed by atoms with Gasteiger partial charge >= 0.3 is 11.8 Å². The van der Waals surface area contributed by atoms with E-state index in [-0.39, 0.29) is 6.04 Å². The second kappa shape index (κ2) is 7.51. The van der Waals surface area contributed by atoms with Crippen molar-refractivity contribution in [1.29, 1.82) is 0 Å². The summed E-state index contributed by atoms with van der Waals surface area (Å²) < 4.78 is 0. The lowest BCUT2D eigenvalue weighted by Gasteiger charge is -2.29. The number of amides is 2. The molecule has 1 unspecified atom stereocenters. The fourth-order valence-corrected chi connectivity index (χ4v) is 3.25. The van der Waals surface area contributed by atoms with Crippen molar-refractivity contribution < 1.29 is 9.59 Å². The Balaban J connectivity index is 1.69. The lowest BCUT2D eigenvalue weighted by molar-refractivity contribution is -0.138. The van der Waals surface area contributed by atoms with Gasteiger partial charge in [-0.15, -0.1) is 0 Å². The molecule has 0 saturated heterocycles. The number of carbonyl (C=O) groups is 2. The van der Waals surface area contributed by atoms with Gasteiger partial charge in [0, 0.05) is 12.2 Å². The number of rotatable bonds is 3. The van der Waals surface area contributed by atoms with Crippen molar-refractivity contribution >= 4 is 17.5 Å². The normalized spacial score (nSPS) is 14.6. The van der Waals surface area contributed by atoms with Crippen molar-refractivity contribution in [2.45, 2.75) is 39.2 Å². The maximum atomic E-state index is 12.6. The van der Waals surface area contributed by atoms with E-state index in [1.807, 2.05) is 43.3 Å². The van der Waals surface area contributed by atoms with Gasteiger partial charge in [-0.1, -0.05) is 49.4 Å². The topological polar surface area (TPSA) is 49.4 Å². The lowest BCUT2D eigenvalue weighted by atomic mass is 10.0. The van der Waals surface area contributed by atoms with Crippen molar-refractivity contribution in [2.24, 2.45) is 0 Å². The Hall–Kier alpha value is -2.62. The molecule has 1 heterocycles. The summed E-state index contributed by atoms with van der Waals surface area (Å²) in [5.74, 6) is -1.03. The molecule has 0 radical (unpaired) electrons. The number of nitrogens with zero attached hydrogens (tertiary/aromatic N) is 1. The quantitative estimate of drug-likeness (QED) is 0.873. The Bertz CT molecular complexity index is 768. The van der Waals surface area contributed by atoms with Gasteiger partial charge in [0.25, 0.3) is 0 Å². The number of para-hydroxylation sites is 1. The van der Waals surface area contributed by atoms with Crippen LogP contribution in [0.15, 0.2) is 48.5 Å². The van der Waals surface area contributed by atoms with Crippen molar-refractivity contribution in [3.8, 4) is 0 Å². The number of hydrogen-bond acceptors (Lipinski definition) is 2. The van der Waals surface area contributed by atoms with Gasteiger partial charge in [0.15, 0.2) is 0 Å². The van der Waals surface area contributed by atoms with Crippen LogP contribution in [-0.2, 0) is 22.4 Å². The third-order valence-corrected chi connectivity index (χ3v) is 4.79. The number of hydrogen-bond donors (Lipinski definition) is 1. The molecule has 2 aromatic rings. The van der Waals surface area contributed by atoms with Crippen LogP contribution in [0.4, 0.5) is 5.69 Å². The Labute approximate surface area is 148 Å². The summed E-state index contributed by atoms with van der Waals surface area (Å²) >= 11 is 0. The van der Waals surface area contributed by atoms with Crippen LogP contribution in [-0.4, -0.2) is 18.4 Å². The molecule has 1 atom stereocenters. The van der Waals surface area contributed by atoms with Crippen molar-refractivity contribution in [2.75, 3.05) is 11.4 Å². The third kappa shape index (κ3) is 3.73. The van der Waals surface area contributed by atoms with Crippen LogP contribution in [0.25, 0.3) is 0 Å². The molecule has 0 saturated carbocycles. The molecule has 1 N–H and O–H groups in total. The predicted molar refractivity (Wildman–Crippen MR) is 99.5 cm³/mol. The van der Waals surface area contributed by atoms with Gasteiger partial charge in [-0.05, 0) is 48.9 Å². The molecule has 0 fully saturated rings. The van der Waals surface area contributed by atoms with Crippen LogP contribution in [0, 0.1) is 0 Å². The molecule has 0 aliphatic carbocycles. The molecule has 2 aromatic carbocycles. The summed E-state index contributed by atoms with van der Waals surface area (Å²) in [6.45, 7) is 4.59. The fourth-order valence-electron chi connectivity index (χ4n) is 3.25. The number of carbonyl (C=O) groups excluding carboxylic acids is 2. The monoisotopic (exact) mass is 336 g/mol. The predicted octanol–water partition coefficient (Wildman–Crippen LogP) is 3.41. The second-order valence-corrected chi connectivity index (χ2v) is 6.48. The summed E-state index contributed by atoms with van der Waals surface area (Å²) in [5.41, 5.74) is 4.23. The average Bonchev–Trinajstić information content (AvgIpc) is 2.67. The summed E-state index contributed by atoms with van der Waals surface area (Å²) in [5, 5.41) is 2.83. The Kier molecular flexibility index (Phi) is 5.17. The lowest BCUT2D eigenvalue weighted by Crippen LogP contribution is -2.45. The smallest absolute Gasteiger partial charge is 0.316 e. The van der Waals surface area contributed by atoms with E-state index in [9.17, 15) is 9.59 Å². The second-order valence-electron chi connectivity index (χ2n) is 6.48. The van der Waals surface area contributed by atoms with E-state index < -0.39 is 11.8 Å². The van der Waals surface area contributed by atoms with Gasteiger partial charge in [-0.2, -0.15) is 0 Å². The standard InChI is InChI=1S/C21H24N2O2/c1-3-16-10-12-17(13-11-16)15(2)22-20(24)21(25)23-14-6-8-18-7-4-5-9-19(18)23/h4-5,7,9-13,15H,3,6,8,14H2,1-2H3,(H,22,24). The molecule has 130 valence electrons. The summed E-state index contributed by atoms with van der Waals surface area (Å²) in [6.07, 6.45) is 2.81. The molecular formula is C21H24N2O2. The van der Waals surface area contributed by atoms with E-state index in [0.29, 0.717) is 6.54 Å². The van der Waals surface area contributed by atoms with Crippen molar-refractivity contribution in [1.82, 2.24) is 5.32 Å². The van der Waals surface area contributed by atoms with Crippen molar-refractivity contribution in [3.63, 3.8) is 0 Å². The SMILES string of the molecule is CCc1ccc(C(C)NC(=O)C(=O)N2CCCc3ccccc32)cc1. The van der Waals surface area contributed by atoms with Gasteiger partial charge in [0.2, 0.25) is 0 Å². The minimum Gasteiger partial charge on any atom is -0.341 e. The van der Waals surface area contributed by atoms with Crippen LogP contribution in [0.3, 0.4) is 0 Å². The zero-order chi connectivity index (χ0) is 17.8. The van der Waals surface area contributed by atoms with E-state index in [1.54, 1.807) is 4.90 Å². The number of benzene rings is 2. The molecule has 4 heteroatoms. The van der Waals surface area contributed by atoms with Gasteiger partial charge in [-0.25, -0.2) is 0 Å². The minimum absolute atomic E-state index is 0.206. The number of fused-ring (bicyclic) bond motifs is 1. The van der Waals surface area contributed by atoms with Gasteiger partial charge in [0.1, 0.15) is 0 Å². The summed E-state index contributed by atoms with van der Waals surface area (Å²) in [4.78, 5) is 26.7. The first kappa shape index (κ1) is 17.2. The van der Waals surface area contributed by atoms with Crippen LogP contribution in [0.5, 0.6) is 0 Å². The van der Waals surface area contributed by atoms with Crippen LogP contribution >= 0.6 is 0 Å². The first-order chi connectivity index (χ1) is 12.1. The number of anilines is 1. The highest BCUT2D eigenvalue weighted by molar-refractivity contribution is 6.40. The molecule has 1 aliphatic heterocycles. The van der Waals surface area contributed by atoms with Gasteiger partial charge < -0.3 is 10.2 Å². The fraction of sp³-hybridized carbons (Fsp3) is 0.333. The molecule has 2 amide bonds. The van der Waals surface area contributed by atoms with Crippen molar-refractivity contribution in [3.05, 3.63) is 65.2 Å². The van der Waals surface area contributed by atoms with Crippen LogP contribution < -0.4 is 10.2 Å². The van der Waals surface area contributed by atoms with E-state index >= 15 is 0 Å². The molecule has 0 bridgehead atoms. The number of aryl methyl sites for hydroxylation is 2. The first-order valence-electron chi connectivity index (χ1n) is 8.89. The maximum absolute atomic E-state index is 12.6. The molecule has 1 aliphatic rings. The van der Waals surface area contributed by atoms with Gasteiger partial charge in [-0.3, -0.25) is 9.59 Å². The summed E-state index contributed by atoms with van der Waals surface area (Å²) in [7, 11) is 0. The first-order valence-corrected chi connectivity index (χ1v) is 8.89. The highest BCUT2D eigenvalue weighted by Gasteiger charge is 2.28. The summed E-state index contributed by atoms with van der Waals surface area (Å²) in [6, 6.07) is 15.7. The van der Waals surface area contributed by atoms with E-state index in [0.717, 1.165) is 36.1 Å². The van der Waals surface area contributed by atoms with Gasteiger partial charge in [0.05, 0.1) is 6.04 Å². The van der Waals surface area contributed by atoms with Crippen LogP contribution in [0.1, 0.15) is 43.0 Å². The zero-order valence-electron chi connectivity index (χ0n) is 14.8. The van der Waals surface area contributed by atoms with E-state index in [2.05, 4.69) is 24.4 Å². The maximum Gasteiger partial charge on any atom is 0.316 e. The molecule has 3 rings (SSSR count). The highest BCUT2D eigenvalue weighted by atomic mass is 16.2. The Morgan fingerprint density at radius 2 is 1.84 bits per heavy atom. The Morgan fingerprint density at radius 1 is 1.12 bits per heavy atom. The van der Waals surface area contributed by atoms with E-state index in [4.69, 9.17) is 0 Å². The highest BCUT2D eigenvalue weighted by Crippen LogP contribution is 2.26. The average molecular weight is 336 g/mol. The van der Waals surface area contributed by atoms with E-state index in [1.165, 1.54) is 5.56 Å². The third-order valence-electron chi connectivity index (χ3n) is 4.79. The molecule has 4 nitrogen and oxygen atoms in total. The Morgan fingerprint density at radius 3 is 2.56 bits per heavy atom. The minimum atomic E-state index is -0.552. The molecular weight excluding hydrogens is 312 g/mol. The molecule has 0 aromatic heterocycles. The largest absolute Gasteiger partial charge is 0.341 e. The van der Waals surface area contributed by atoms with Crippen LogP contribution in [0.2, 0.25) is 0 Å².